The van der Waals surface area contributed by atoms with E-state index in [1.165, 1.54) is 24.8 Å². The van der Waals surface area contributed by atoms with Crippen LogP contribution in [0.1, 0.15) is 43.7 Å². The van der Waals surface area contributed by atoms with Gasteiger partial charge in [-0.2, -0.15) is 0 Å². The molecule has 0 bridgehead atoms. The second kappa shape index (κ2) is 9.84. The van der Waals surface area contributed by atoms with Crippen LogP contribution in [0.2, 0.25) is 0 Å². The van der Waals surface area contributed by atoms with E-state index in [4.69, 9.17) is 0 Å². The zero-order valence-corrected chi connectivity index (χ0v) is 21.1. The van der Waals surface area contributed by atoms with Crippen LogP contribution >= 0.6 is 0 Å². The molecule has 4 heterocycles. The van der Waals surface area contributed by atoms with Gasteiger partial charge in [-0.1, -0.05) is 6.07 Å². The minimum Gasteiger partial charge on any atom is -0.352 e. The van der Waals surface area contributed by atoms with E-state index in [2.05, 4.69) is 46.0 Å². The van der Waals surface area contributed by atoms with E-state index in [1.54, 1.807) is 4.90 Å². The number of hydrogen-bond acceptors (Lipinski definition) is 6. The van der Waals surface area contributed by atoms with Gasteiger partial charge in [0.15, 0.2) is 11.6 Å². The Balaban J connectivity index is 1.16. The van der Waals surface area contributed by atoms with Crippen molar-refractivity contribution in [1.29, 1.82) is 0 Å². The van der Waals surface area contributed by atoms with Gasteiger partial charge in [0.2, 0.25) is 11.8 Å². The third-order valence-corrected chi connectivity index (χ3v) is 7.93. The predicted octanol–water partition coefficient (Wildman–Crippen LogP) is 3.17. The van der Waals surface area contributed by atoms with Crippen molar-refractivity contribution >= 4 is 29.1 Å². The molecule has 0 spiro atoms. The summed E-state index contributed by atoms with van der Waals surface area (Å²) in [4.78, 5) is 34.2. The molecule has 0 radical (unpaired) electrons. The smallest absolute Gasteiger partial charge is 0.228 e. The van der Waals surface area contributed by atoms with E-state index >= 15 is 0 Å². The van der Waals surface area contributed by atoms with E-state index in [0.29, 0.717) is 25.7 Å². The summed E-state index contributed by atoms with van der Waals surface area (Å²) in [6, 6.07) is 10.7. The number of amides is 2. The Kier molecular flexibility index (Phi) is 6.62. The van der Waals surface area contributed by atoms with Gasteiger partial charge in [0.1, 0.15) is 0 Å². The molecule has 2 amide bonds. The first-order chi connectivity index (χ1) is 16.9. The predicted molar refractivity (Wildman–Crippen MR) is 138 cm³/mol. The molecule has 3 saturated heterocycles. The van der Waals surface area contributed by atoms with Crippen molar-refractivity contribution in [3.8, 4) is 0 Å². The number of aryl methyl sites for hydroxylation is 2. The van der Waals surface area contributed by atoms with Crippen LogP contribution in [0.4, 0.5) is 17.3 Å². The molecule has 0 aliphatic carbocycles. The van der Waals surface area contributed by atoms with Gasteiger partial charge in [0.05, 0.1) is 5.92 Å². The fraction of sp³-hybridized carbons (Fsp3) is 0.556. The second-order valence-corrected chi connectivity index (χ2v) is 10.3. The summed E-state index contributed by atoms with van der Waals surface area (Å²) < 4.78 is 0. The largest absolute Gasteiger partial charge is 0.352 e. The number of nitrogens with zero attached hydrogens (tertiary/aromatic N) is 6. The van der Waals surface area contributed by atoms with E-state index < -0.39 is 0 Å². The molecule has 8 heteroatoms. The molecule has 5 rings (SSSR count). The molecule has 2 aromatic rings. The van der Waals surface area contributed by atoms with Gasteiger partial charge in [-0.3, -0.25) is 9.59 Å². The standard InChI is InChI=1S/C27H36N6O2/c1-19-7-8-23(16-20(19)2)33-18-22(17-26(33)34)27(35)31-14-12-30(13-15-31)24-9-10-25(29-28-24)32-11-5-4-6-21(32)3/h7-10,16,21-22H,4-6,11-15,17-18H2,1-3H3. The Bertz CT molecular complexity index is 1080. The van der Waals surface area contributed by atoms with Gasteiger partial charge in [-0.05, 0) is 75.4 Å². The zero-order chi connectivity index (χ0) is 24.5. The number of carbonyl (C=O) groups excluding carboxylic acids is 2. The van der Waals surface area contributed by atoms with Crippen LogP contribution < -0.4 is 14.7 Å². The van der Waals surface area contributed by atoms with Crippen LogP contribution in [0.3, 0.4) is 0 Å². The molecule has 35 heavy (non-hydrogen) atoms. The molecular formula is C27H36N6O2. The third-order valence-electron chi connectivity index (χ3n) is 7.93. The minimum atomic E-state index is -0.277. The first-order valence-electron chi connectivity index (χ1n) is 12.9. The second-order valence-electron chi connectivity index (χ2n) is 10.3. The fourth-order valence-electron chi connectivity index (χ4n) is 5.51. The lowest BCUT2D eigenvalue weighted by Crippen LogP contribution is -2.51. The van der Waals surface area contributed by atoms with Crippen LogP contribution in [0.5, 0.6) is 0 Å². The Morgan fingerprint density at radius 1 is 0.914 bits per heavy atom. The quantitative estimate of drug-likeness (QED) is 0.675. The fourth-order valence-corrected chi connectivity index (χ4v) is 5.51. The van der Waals surface area contributed by atoms with Gasteiger partial charge in [0, 0.05) is 57.4 Å². The summed E-state index contributed by atoms with van der Waals surface area (Å²) in [5.74, 6) is 1.66. The molecule has 0 saturated carbocycles. The van der Waals surface area contributed by atoms with Crippen LogP contribution in [0.15, 0.2) is 30.3 Å². The summed E-state index contributed by atoms with van der Waals surface area (Å²) in [6.45, 7) is 10.6. The monoisotopic (exact) mass is 476 g/mol. The normalized spacial score (nSPS) is 23.2. The molecule has 0 N–H and O–H groups in total. The lowest BCUT2D eigenvalue weighted by Gasteiger charge is -2.37. The molecule has 2 unspecified atom stereocenters. The van der Waals surface area contributed by atoms with Gasteiger partial charge in [0.25, 0.3) is 0 Å². The summed E-state index contributed by atoms with van der Waals surface area (Å²) in [5.41, 5.74) is 3.24. The molecule has 186 valence electrons. The maximum absolute atomic E-state index is 13.2. The van der Waals surface area contributed by atoms with Crippen molar-refractivity contribution in [2.75, 3.05) is 54.0 Å². The van der Waals surface area contributed by atoms with Crippen molar-refractivity contribution < 1.29 is 9.59 Å². The Morgan fingerprint density at radius 2 is 1.66 bits per heavy atom. The number of anilines is 3. The number of piperazine rings is 1. The highest BCUT2D eigenvalue weighted by Crippen LogP contribution is 2.29. The van der Waals surface area contributed by atoms with E-state index in [1.807, 2.05) is 30.0 Å². The lowest BCUT2D eigenvalue weighted by molar-refractivity contribution is -0.136. The highest BCUT2D eigenvalue weighted by Gasteiger charge is 2.38. The van der Waals surface area contributed by atoms with Crippen molar-refractivity contribution in [3.63, 3.8) is 0 Å². The van der Waals surface area contributed by atoms with E-state index in [-0.39, 0.29) is 24.2 Å². The molecule has 3 fully saturated rings. The number of hydrogen-bond donors (Lipinski definition) is 0. The van der Waals surface area contributed by atoms with E-state index in [0.717, 1.165) is 42.5 Å². The summed E-state index contributed by atoms with van der Waals surface area (Å²) in [5, 5.41) is 9.02. The van der Waals surface area contributed by atoms with Crippen LogP contribution in [0.25, 0.3) is 0 Å². The molecule has 1 aromatic heterocycles. The van der Waals surface area contributed by atoms with Gasteiger partial charge < -0.3 is 19.6 Å². The first-order valence-corrected chi connectivity index (χ1v) is 12.9. The molecule has 8 nitrogen and oxygen atoms in total. The number of carbonyl (C=O) groups is 2. The van der Waals surface area contributed by atoms with Crippen LogP contribution in [-0.4, -0.2) is 72.2 Å². The molecule has 1 aromatic carbocycles. The molecule has 3 aliphatic heterocycles. The number of piperidine rings is 1. The average molecular weight is 477 g/mol. The summed E-state index contributed by atoms with van der Waals surface area (Å²) in [7, 11) is 0. The SMILES string of the molecule is Cc1ccc(N2CC(C(=O)N3CCN(c4ccc(N5CCCCC5C)nn4)CC3)CC2=O)cc1C. The highest BCUT2D eigenvalue weighted by atomic mass is 16.2. The Hall–Kier alpha value is -3.16. The van der Waals surface area contributed by atoms with Gasteiger partial charge in [-0.15, -0.1) is 10.2 Å². The van der Waals surface area contributed by atoms with Crippen molar-refractivity contribution in [2.24, 2.45) is 5.92 Å². The van der Waals surface area contributed by atoms with Gasteiger partial charge in [-0.25, -0.2) is 0 Å². The number of benzene rings is 1. The topological polar surface area (TPSA) is 72.9 Å². The molecule has 2 atom stereocenters. The summed E-state index contributed by atoms with van der Waals surface area (Å²) in [6.07, 6.45) is 3.98. The van der Waals surface area contributed by atoms with Crippen molar-refractivity contribution in [3.05, 3.63) is 41.5 Å². The summed E-state index contributed by atoms with van der Waals surface area (Å²) >= 11 is 0. The number of aromatic nitrogens is 2. The maximum atomic E-state index is 13.2. The highest BCUT2D eigenvalue weighted by molar-refractivity contribution is 6.00. The number of rotatable bonds is 4. The van der Waals surface area contributed by atoms with Crippen molar-refractivity contribution in [1.82, 2.24) is 15.1 Å². The molecule has 3 aliphatic rings. The maximum Gasteiger partial charge on any atom is 0.228 e. The Labute approximate surface area is 207 Å². The van der Waals surface area contributed by atoms with Crippen LogP contribution in [-0.2, 0) is 9.59 Å². The van der Waals surface area contributed by atoms with Crippen LogP contribution in [0, 0.1) is 19.8 Å². The Morgan fingerprint density at radius 3 is 2.34 bits per heavy atom. The zero-order valence-electron chi connectivity index (χ0n) is 21.1. The lowest BCUT2D eigenvalue weighted by atomic mass is 10.0. The molecular weight excluding hydrogens is 440 g/mol. The van der Waals surface area contributed by atoms with Gasteiger partial charge >= 0.3 is 0 Å². The van der Waals surface area contributed by atoms with Crippen molar-refractivity contribution in [2.45, 2.75) is 52.5 Å². The first kappa shape index (κ1) is 23.6. The minimum absolute atomic E-state index is 0.0311. The van der Waals surface area contributed by atoms with E-state index in [9.17, 15) is 9.59 Å². The third kappa shape index (κ3) is 4.83. The average Bonchev–Trinajstić information content (AvgIpc) is 3.27.